The fraction of sp³-hybridized carbons (Fsp3) is 0.524. The summed E-state index contributed by atoms with van der Waals surface area (Å²) in [6.07, 6.45) is 3.40. The summed E-state index contributed by atoms with van der Waals surface area (Å²) in [7, 11) is 0. The monoisotopic (exact) mass is 362 g/mol. The molecule has 0 bridgehead atoms. The van der Waals surface area contributed by atoms with Crippen molar-refractivity contribution >= 4 is 11.6 Å². The van der Waals surface area contributed by atoms with Crippen molar-refractivity contribution in [3.8, 4) is 0 Å². The average molecular weight is 362 g/mol. The van der Waals surface area contributed by atoms with E-state index in [1.807, 2.05) is 41.5 Å². The quantitative estimate of drug-likeness (QED) is 0.465. The van der Waals surface area contributed by atoms with Crippen LogP contribution in [0.4, 0.5) is 0 Å². The summed E-state index contributed by atoms with van der Waals surface area (Å²) in [5.41, 5.74) is -0.839. The molecule has 144 valence electrons. The Morgan fingerprint density at radius 3 is 2.04 bits per heavy atom. The van der Waals surface area contributed by atoms with Crippen LogP contribution >= 0.6 is 0 Å². The molecule has 0 saturated carbocycles. The van der Waals surface area contributed by atoms with Crippen LogP contribution in [0.15, 0.2) is 46.0 Å². The molecular formula is C21H30O5. The summed E-state index contributed by atoms with van der Waals surface area (Å²) in [5.74, 6) is -2.60. The summed E-state index contributed by atoms with van der Waals surface area (Å²) in [5, 5.41) is 32.1. The topological polar surface area (TPSA) is 94.8 Å². The van der Waals surface area contributed by atoms with E-state index in [2.05, 4.69) is 0 Å². The van der Waals surface area contributed by atoms with E-state index in [9.17, 15) is 24.9 Å². The summed E-state index contributed by atoms with van der Waals surface area (Å²) >= 11 is 0. The zero-order valence-corrected chi connectivity index (χ0v) is 16.5. The van der Waals surface area contributed by atoms with Gasteiger partial charge in [-0.05, 0) is 40.0 Å². The number of carbonyl (C=O) groups excluding carboxylic acids is 2. The molecule has 0 radical (unpaired) electrons. The number of hydrogen-bond donors (Lipinski definition) is 3. The van der Waals surface area contributed by atoms with E-state index in [1.54, 1.807) is 12.2 Å². The Balaban J connectivity index is 3.56. The third-order valence-electron chi connectivity index (χ3n) is 4.20. The number of aliphatic hydroxyl groups is 3. The second kappa shape index (κ2) is 8.49. The van der Waals surface area contributed by atoms with Crippen molar-refractivity contribution in [2.45, 2.75) is 66.4 Å². The predicted molar refractivity (Wildman–Crippen MR) is 102 cm³/mol. The van der Waals surface area contributed by atoms with Crippen molar-refractivity contribution in [2.75, 3.05) is 0 Å². The second-order valence-electron chi connectivity index (χ2n) is 7.73. The van der Waals surface area contributed by atoms with Gasteiger partial charge < -0.3 is 15.3 Å². The molecule has 0 aromatic rings. The Hall–Kier alpha value is -2.14. The predicted octanol–water partition coefficient (Wildman–Crippen LogP) is 4.25. The van der Waals surface area contributed by atoms with Gasteiger partial charge in [0.25, 0.3) is 0 Å². The van der Waals surface area contributed by atoms with E-state index < -0.39 is 34.3 Å². The van der Waals surface area contributed by atoms with E-state index in [0.717, 1.165) is 11.1 Å². The minimum Gasteiger partial charge on any atom is -0.508 e. The third kappa shape index (κ3) is 4.73. The standard InChI is InChI=1S/C21H30O5/c1-12(2)7-8-15-18(23)17(16(22)11-14(5)6)20(25)21(26,19(15)24)10-9-13(3)4/h7,9,14,24-26H,8,10-11H2,1-6H3/t21-/m1/s1. The van der Waals surface area contributed by atoms with Gasteiger partial charge in [-0.25, -0.2) is 0 Å². The molecule has 0 unspecified atom stereocenters. The van der Waals surface area contributed by atoms with E-state index in [-0.39, 0.29) is 30.8 Å². The van der Waals surface area contributed by atoms with Gasteiger partial charge in [-0.1, -0.05) is 37.1 Å². The molecule has 5 heteroatoms. The van der Waals surface area contributed by atoms with Gasteiger partial charge in [-0.2, -0.15) is 0 Å². The molecule has 0 aliphatic heterocycles. The van der Waals surface area contributed by atoms with Crippen LogP contribution in [0.3, 0.4) is 0 Å². The zero-order valence-electron chi connectivity index (χ0n) is 16.5. The van der Waals surface area contributed by atoms with Gasteiger partial charge in [0.1, 0.15) is 17.1 Å². The van der Waals surface area contributed by atoms with Crippen molar-refractivity contribution in [2.24, 2.45) is 5.92 Å². The maximum Gasteiger partial charge on any atom is 0.199 e. The van der Waals surface area contributed by atoms with Crippen LogP contribution in [0.5, 0.6) is 0 Å². The van der Waals surface area contributed by atoms with Crippen molar-refractivity contribution in [1.29, 1.82) is 0 Å². The van der Waals surface area contributed by atoms with Crippen LogP contribution in [0.2, 0.25) is 0 Å². The number of allylic oxidation sites excluding steroid dienone is 5. The molecule has 1 aliphatic carbocycles. The number of Topliss-reactive ketones (excluding diaryl/α,β-unsaturated/α-hetero) is 2. The maximum atomic E-state index is 12.8. The van der Waals surface area contributed by atoms with Crippen LogP contribution in [-0.4, -0.2) is 32.5 Å². The molecule has 5 nitrogen and oxygen atoms in total. The fourth-order valence-corrected chi connectivity index (χ4v) is 2.71. The molecule has 1 rings (SSSR count). The Bertz CT molecular complexity index is 711. The van der Waals surface area contributed by atoms with Crippen molar-refractivity contribution in [3.63, 3.8) is 0 Å². The first-order chi connectivity index (χ1) is 11.9. The number of hydrogen-bond acceptors (Lipinski definition) is 5. The summed E-state index contributed by atoms with van der Waals surface area (Å²) < 4.78 is 0. The number of carbonyl (C=O) groups is 2. The van der Waals surface area contributed by atoms with Crippen LogP contribution in [0.25, 0.3) is 0 Å². The minimum atomic E-state index is -2.17. The van der Waals surface area contributed by atoms with E-state index in [4.69, 9.17) is 0 Å². The molecule has 1 aliphatic rings. The first kappa shape index (κ1) is 21.9. The normalized spacial score (nSPS) is 20.5. The first-order valence-electron chi connectivity index (χ1n) is 8.85. The molecule has 0 saturated heterocycles. The van der Waals surface area contributed by atoms with Gasteiger partial charge in [-0.3, -0.25) is 9.59 Å². The zero-order chi connectivity index (χ0) is 20.2. The van der Waals surface area contributed by atoms with Crippen LogP contribution in [0.1, 0.15) is 60.8 Å². The van der Waals surface area contributed by atoms with Crippen LogP contribution < -0.4 is 0 Å². The van der Waals surface area contributed by atoms with E-state index in [0.29, 0.717) is 0 Å². The Morgan fingerprint density at radius 2 is 1.58 bits per heavy atom. The van der Waals surface area contributed by atoms with E-state index in [1.165, 1.54) is 0 Å². The van der Waals surface area contributed by atoms with Gasteiger partial charge >= 0.3 is 0 Å². The molecular weight excluding hydrogens is 332 g/mol. The largest absolute Gasteiger partial charge is 0.508 e. The summed E-state index contributed by atoms with van der Waals surface area (Å²) in [6.45, 7) is 11.0. The van der Waals surface area contributed by atoms with Gasteiger partial charge in [-0.15, -0.1) is 0 Å². The lowest BCUT2D eigenvalue weighted by Crippen LogP contribution is -2.42. The fourth-order valence-electron chi connectivity index (χ4n) is 2.71. The number of aliphatic hydroxyl groups excluding tert-OH is 2. The van der Waals surface area contributed by atoms with Gasteiger partial charge in [0.2, 0.25) is 0 Å². The van der Waals surface area contributed by atoms with Crippen molar-refractivity contribution in [1.82, 2.24) is 0 Å². The Labute approximate surface area is 155 Å². The molecule has 26 heavy (non-hydrogen) atoms. The van der Waals surface area contributed by atoms with E-state index >= 15 is 0 Å². The van der Waals surface area contributed by atoms with Gasteiger partial charge in [0.05, 0.1) is 0 Å². The third-order valence-corrected chi connectivity index (χ3v) is 4.20. The molecule has 3 N–H and O–H groups in total. The number of rotatable bonds is 7. The first-order valence-corrected chi connectivity index (χ1v) is 8.85. The molecule has 0 aromatic heterocycles. The lowest BCUT2D eigenvalue weighted by molar-refractivity contribution is -0.122. The Kier molecular flexibility index (Phi) is 7.16. The van der Waals surface area contributed by atoms with Crippen molar-refractivity contribution < 1.29 is 24.9 Å². The number of ketones is 2. The second-order valence-corrected chi connectivity index (χ2v) is 7.73. The highest BCUT2D eigenvalue weighted by Gasteiger charge is 2.47. The van der Waals surface area contributed by atoms with Crippen LogP contribution in [-0.2, 0) is 9.59 Å². The smallest absolute Gasteiger partial charge is 0.199 e. The maximum absolute atomic E-state index is 12.8. The highest BCUT2D eigenvalue weighted by molar-refractivity contribution is 6.27. The minimum absolute atomic E-state index is 0.0118. The summed E-state index contributed by atoms with van der Waals surface area (Å²) in [4.78, 5) is 25.4. The molecule has 0 aromatic carbocycles. The lowest BCUT2D eigenvalue weighted by Gasteiger charge is -2.32. The molecule has 1 atom stereocenters. The van der Waals surface area contributed by atoms with Crippen molar-refractivity contribution in [3.05, 3.63) is 46.0 Å². The Morgan fingerprint density at radius 1 is 1.04 bits per heavy atom. The SMILES string of the molecule is CC(C)=CCC1=C(O)[C@](O)(CC=C(C)C)C(O)=C(C(=O)CC(C)C)C1=O. The lowest BCUT2D eigenvalue weighted by atomic mass is 9.77. The van der Waals surface area contributed by atoms with Crippen LogP contribution in [0, 0.1) is 5.92 Å². The van der Waals surface area contributed by atoms with Gasteiger partial charge in [0.15, 0.2) is 17.2 Å². The molecule has 0 spiro atoms. The average Bonchev–Trinajstić information content (AvgIpc) is 2.50. The highest BCUT2D eigenvalue weighted by Crippen LogP contribution is 2.39. The molecule has 0 fully saturated rings. The highest BCUT2D eigenvalue weighted by atomic mass is 16.4. The molecule has 0 amide bonds. The molecule has 0 heterocycles. The summed E-state index contributed by atoms with van der Waals surface area (Å²) in [6, 6.07) is 0. The van der Waals surface area contributed by atoms with Gasteiger partial charge in [0, 0.05) is 18.4 Å².